The number of hydrogen-bond donors (Lipinski definition) is 1. The van der Waals surface area contributed by atoms with Gasteiger partial charge in [0.1, 0.15) is 0 Å². The van der Waals surface area contributed by atoms with Crippen LogP contribution in [-0.2, 0) is 0 Å². The van der Waals surface area contributed by atoms with Crippen molar-refractivity contribution in [2.75, 3.05) is 18.8 Å². The van der Waals surface area contributed by atoms with E-state index in [1.54, 1.807) is 0 Å². The first-order valence-electron chi connectivity index (χ1n) is 15.5. The van der Waals surface area contributed by atoms with E-state index in [2.05, 4.69) is 30.6 Å². The van der Waals surface area contributed by atoms with E-state index in [1.165, 1.54) is 173 Å². The van der Waals surface area contributed by atoms with Crippen LogP contribution in [-0.4, -0.2) is 23.9 Å². The zero-order valence-corrected chi connectivity index (χ0v) is 24.3. The molecule has 0 rings (SSSR count). The number of hydrogen-bond acceptors (Lipinski definition) is 3. The summed E-state index contributed by atoms with van der Waals surface area (Å²) in [5, 5.41) is 2.55. The molecule has 0 aromatic rings. The molecule has 3 heteroatoms. The Bertz CT molecular complexity index is 315. The van der Waals surface area contributed by atoms with Gasteiger partial charge in [-0.15, -0.1) is 0 Å². The van der Waals surface area contributed by atoms with Gasteiger partial charge in [0.15, 0.2) is 0 Å². The molecule has 0 spiro atoms. The molecule has 0 amide bonds. The Hall–Kier alpha value is 0.270. The van der Waals surface area contributed by atoms with Crippen LogP contribution >= 0.6 is 11.9 Å². The second kappa shape index (κ2) is 30.3. The van der Waals surface area contributed by atoms with Crippen LogP contribution in [0, 0.1) is 0 Å². The second-order valence-electron chi connectivity index (χ2n) is 10.4. The molecule has 2 nitrogen and oxygen atoms in total. The van der Waals surface area contributed by atoms with Gasteiger partial charge in [0.25, 0.3) is 0 Å². The first kappa shape index (κ1) is 33.3. The Kier molecular flexibility index (Phi) is 30.5. The quantitative estimate of drug-likeness (QED) is 0.0645. The molecule has 0 saturated carbocycles. The first-order valence-corrected chi connectivity index (χ1v) is 16.5. The highest BCUT2D eigenvalue weighted by Crippen LogP contribution is 2.13. The van der Waals surface area contributed by atoms with Gasteiger partial charge in [0.05, 0.1) is 0 Å². The lowest BCUT2D eigenvalue weighted by molar-refractivity contribution is 0.238. The van der Waals surface area contributed by atoms with Crippen LogP contribution in [0.2, 0.25) is 0 Å². The Morgan fingerprint density at radius 2 is 0.697 bits per heavy atom. The minimum atomic E-state index is 1.23. The lowest BCUT2D eigenvalue weighted by atomic mass is 10.1. The molecule has 0 aromatic carbocycles. The van der Waals surface area contributed by atoms with E-state index in [-0.39, 0.29) is 0 Å². The summed E-state index contributed by atoms with van der Waals surface area (Å²) in [7, 11) is 0. The van der Waals surface area contributed by atoms with Gasteiger partial charge in [0, 0.05) is 18.8 Å². The van der Waals surface area contributed by atoms with Crippen molar-refractivity contribution in [2.45, 2.75) is 175 Å². The molecule has 0 aliphatic heterocycles. The number of rotatable bonds is 29. The van der Waals surface area contributed by atoms with Gasteiger partial charge < -0.3 is 0 Å². The molecule has 200 valence electrons. The molecule has 0 radical (unpaired) electrons. The van der Waals surface area contributed by atoms with E-state index in [0.29, 0.717) is 0 Å². The summed E-state index contributed by atoms with van der Waals surface area (Å²) < 4.78 is 0. The molecule has 0 unspecified atom stereocenters. The van der Waals surface area contributed by atoms with E-state index in [4.69, 9.17) is 0 Å². The summed E-state index contributed by atoms with van der Waals surface area (Å²) in [6.07, 6.45) is 34.0. The Balaban J connectivity index is 3.84. The molecule has 33 heavy (non-hydrogen) atoms. The number of nitrogens with one attached hydrogen (secondary N) is 1. The van der Waals surface area contributed by atoms with E-state index in [0.717, 1.165) is 0 Å². The molecular weight excluding hydrogens is 420 g/mol. The molecule has 0 saturated heterocycles. The van der Waals surface area contributed by atoms with Gasteiger partial charge in [-0.05, 0) is 19.3 Å². The molecule has 1 N–H and O–H groups in total. The molecule has 0 aliphatic carbocycles. The molecular formula is C30H64N2S. The maximum absolute atomic E-state index is 3.73. The normalized spacial score (nSPS) is 11.6. The van der Waals surface area contributed by atoms with Gasteiger partial charge in [-0.1, -0.05) is 168 Å². The van der Waals surface area contributed by atoms with E-state index in [9.17, 15) is 0 Å². The van der Waals surface area contributed by atoms with Crippen LogP contribution in [0.15, 0.2) is 0 Å². The minimum Gasteiger partial charge on any atom is -0.235 e. The van der Waals surface area contributed by atoms with E-state index >= 15 is 0 Å². The molecule has 0 heterocycles. The fourth-order valence-corrected chi connectivity index (χ4v) is 5.33. The zero-order valence-electron chi connectivity index (χ0n) is 23.4. The zero-order chi connectivity index (χ0) is 24.1. The first-order chi connectivity index (χ1) is 16.3. The lowest BCUT2D eigenvalue weighted by Crippen LogP contribution is -2.35. The molecule has 0 atom stereocenters. The average molecular weight is 485 g/mol. The summed E-state index contributed by atoms with van der Waals surface area (Å²) >= 11 is 1.96. The highest BCUT2D eigenvalue weighted by Gasteiger charge is 2.05. The summed E-state index contributed by atoms with van der Waals surface area (Å²) in [5.74, 6) is 1.26. The van der Waals surface area contributed by atoms with Crippen molar-refractivity contribution in [3.63, 3.8) is 0 Å². The van der Waals surface area contributed by atoms with Crippen molar-refractivity contribution >= 4 is 11.9 Å². The van der Waals surface area contributed by atoms with Crippen LogP contribution in [0.4, 0.5) is 0 Å². The summed E-state index contributed by atoms with van der Waals surface area (Å²) in [6.45, 7) is 9.38. The number of hydrazine groups is 1. The van der Waals surface area contributed by atoms with Crippen LogP contribution in [0.3, 0.4) is 0 Å². The van der Waals surface area contributed by atoms with Crippen molar-refractivity contribution in [1.82, 2.24) is 9.84 Å². The number of nitrogens with zero attached hydrogens (tertiary/aromatic N) is 1. The number of unbranched alkanes of at least 4 members (excludes halogenated alkanes) is 21. The van der Waals surface area contributed by atoms with Crippen molar-refractivity contribution in [1.29, 1.82) is 0 Å². The van der Waals surface area contributed by atoms with Crippen molar-refractivity contribution in [3.05, 3.63) is 0 Å². The SMILES string of the molecule is CCCCCCCCCCCN(CCCCCCCCCC)NSCCCCCCCCC. The van der Waals surface area contributed by atoms with Crippen molar-refractivity contribution in [3.8, 4) is 0 Å². The fraction of sp³-hybridized carbons (Fsp3) is 1.00. The highest BCUT2D eigenvalue weighted by molar-refractivity contribution is 7.97. The summed E-state index contributed by atoms with van der Waals surface area (Å²) in [6, 6.07) is 0. The van der Waals surface area contributed by atoms with Crippen molar-refractivity contribution in [2.24, 2.45) is 0 Å². The topological polar surface area (TPSA) is 15.3 Å². The monoisotopic (exact) mass is 484 g/mol. The third-order valence-corrected chi connectivity index (χ3v) is 7.74. The third kappa shape index (κ3) is 28.4. The average Bonchev–Trinajstić information content (AvgIpc) is 2.83. The van der Waals surface area contributed by atoms with Gasteiger partial charge in [-0.25, -0.2) is 5.01 Å². The van der Waals surface area contributed by atoms with Gasteiger partial charge in [-0.2, -0.15) is 4.83 Å². The van der Waals surface area contributed by atoms with Crippen LogP contribution in [0.5, 0.6) is 0 Å². The van der Waals surface area contributed by atoms with Crippen molar-refractivity contribution < 1.29 is 0 Å². The fourth-order valence-electron chi connectivity index (χ4n) is 4.52. The van der Waals surface area contributed by atoms with E-state index in [1.807, 2.05) is 11.9 Å². The molecule has 0 aliphatic rings. The Morgan fingerprint density at radius 1 is 0.394 bits per heavy atom. The summed E-state index contributed by atoms with van der Waals surface area (Å²) in [5.41, 5.74) is 0. The van der Waals surface area contributed by atoms with Crippen LogP contribution in [0.25, 0.3) is 0 Å². The van der Waals surface area contributed by atoms with Gasteiger partial charge in [0.2, 0.25) is 0 Å². The molecule has 0 aromatic heterocycles. The van der Waals surface area contributed by atoms with Crippen LogP contribution < -0.4 is 4.83 Å². The maximum Gasteiger partial charge on any atom is 0.0139 e. The van der Waals surface area contributed by atoms with Gasteiger partial charge in [-0.3, -0.25) is 0 Å². The third-order valence-electron chi connectivity index (χ3n) is 6.86. The molecule has 0 fully saturated rings. The van der Waals surface area contributed by atoms with Gasteiger partial charge >= 0.3 is 0 Å². The second-order valence-corrected chi connectivity index (χ2v) is 11.2. The maximum atomic E-state index is 3.73. The van der Waals surface area contributed by atoms with E-state index < -0.39 is 0 Å². The smallest absolute Gasteiger partial charge is 0.0139 e. The lowest BCUT2D eigenvalue weighted by Gasteiger charge is -2.22. The largest absolute Gasteiger partial charge is 0.235 e. The van der Waals surface area contributed by atoms with Crippen LogP contribution in [0.1, 0.15) is 175 Å². The predicted octanol–water partition coefficient (Wildman–Crippen LogP) is 10.9. The summed E-state index contributed by atoms with van der Waals surface area (Å²) in [4.78, 5) is 3.73. The molecule has 0 bridgehead atoms. The Morgan fingerprint density at radius 3 is 1.06 bits per heavy atom. The minimum absolute atomic E-state index is 1.23. The predicted molar refractivity (Wildman–Crippen MR) is 155 cm³/mol. The standard InChI is InChI=1S/C30H64N2S/c1-4-7-10-13-16-18-20-23-26-29-32(28-25-22-19-17-14-11-8-5-2)31-33-30-27-24-21-15-12-9-6-3/h31H,4-30H2,1-3H3. The Labute approximate surface area is 215 Å². The highest BCUT2D eigenvalue weighted by atomic mass is 32.2.